The summed E-state index contributed by atoms with van der Waals surface area (Å²) in [5.74, 6) is 1.48. The largest absolute Gasteiger partial charge is 0.492 e. The van der Waals surface area contributed by atoms with Crippen LogP contribution < -0.4 is 4.74 Å². The number of ether oxygens (including phenoxy) is 1. The molecule has 0 atom stereocenters. The second-order valence-electron chi connectivity index (χ2n) is 6.07. The Morgan fingerprint density at radius 2 is 2.08 bits per heavy atom. The molecule has 1 aromatic carbocycles. The van der Waals surface area contributed by atoms with Gasteiger partial charge in [-0.25, -0.2) is 0 Å². The fourth-order valence-corrected chi connectivity index (χ4v) is 3.20. The number of benzene rings is 1. The van der Waals surface area contributed by atoms with Crippen molar-refractivity contribution in [2.75, 3.05) is 19.7 Å². The van der Waals surface area contributed by atoms with Crippen LogP contribution in [0.5, 0.6) is 5.75 Å². The van der Waals surface area contributed by atoms with Crippen molar-refractivity contribution in [2.45, 2.75) is 19.3 Å². The van der Waals surface area contributed by atoms with Gasteiger partial charge in [-0.15, -0.1) is 0 Å². The van der Waals surface area contributed by atoms with Crippen molar-refractivity contribution in [3.8, 4) is 5.75 Å². The fourth-order valence-electron chi connectivity index (χ4n) is 3.00. The normalized spacial score (nSPS) is 15.3. The maximum atomic E-state index is 12.5. The van der Waals surface area contributed by atoms with Crippen molar-refractivity contribution in [3.63, 3.8) is 0 Å². The third-order valence-electron chi connectivity index (χ3n) is 4.40. The summed E-state index contributed by atoms with van der Waals surface area (Å²) < 4.78 is 5.71. The molecule has 0 unspecified atom stereocenters. The van der Waals surface area contributed by atoms with E-state index >= 15 is 0 Å². The molecule has 3 rings (SSSR count). The third-order valence-corrected chi connectivity index (χ3v) is 4.64. The summed E-state index contributed by atoms with van der Waals surface area (Å²) in [6.07, 6.45) is 6.51. The molecule has 4 nitrogen and oxygen atoms in total. The van der Waals surface area contributed by atoms with Gasteiger partial charge >= 0.3 is 0 Å². The van der Waals surface area contributed by atoms with Gasteiger partial charge in [-0.05, 0) is 55.5 Å². The molecule has 0 N–H and O–H groups in total. The lowest BCUT2D eigenvalue weighted by Crippen LogP contribution is -2.38. The predicted octanol–water partition coefficient (Wildman–Crippen LogP) is 4.06. The Morgan fingerprint density at radius 1 is 1.25 bits per heavy atom. The van der Waals surface area contributed by atoms with Gasteiger partial charge in [0.25, 0.3) is 5.91 Å². The molecule has 1 saturated heterocycles. The van der Waals surface area contributed by atoms with Crippen molar-refractivity contribution in [1.29, 1.82) is 0 Å². The minimum Gasteiger partial charge on any atom is -0.492 e. The van der Waals surface area contributed by atoms with Crippen molar-refractivity contribution < 1.29 is 9.53 Å². The molecular weight excluding hydrogens is 324 g/mol. The van der Waals surface area contributed by atoms with Gasteiger partial charge in [0, 0.05) is 29.9 Å². The number of rotatable bonds is 5. The highest BCUT2D eigenvalue weighted by atomic mass is 35.5. The van der Waals surface area contributed by atoms with E-state index in [2.05, 4.69) is 4.98 Å². The number of hydrogen-bond acceptors (Lipinski definition) is 3. The second-order valence-corrected chi connectivity index (χ2v) is 6.51. The van der Waals surface area contributed by atoms with Gasteiger partial charge in [0.1, 0.15) is 5.75 Å². The highest BCUT2D eigenvalue weighted by Crippen LogP contribution is 2.23. The highest BCUT2D eigenvalue weighted by molar-refractivity contribution is 6.30. The van der Waals surface area contributed by atoms with Crippen LogP contribution in [0, 0.1) is 5.92 Å². The second kappa shape index (κ2) is 8.15. The van der Waals surface area contributed by atoms with Crippen molar-refractivity contribution in [2.24, 2.45) is 5.92 Å². The average molecular weight is 345 g/mol. The van der Waals surface area contributed by atoms with Gasteiger partial charge < -0.3 is 9.64 Å². The summed E-state index contributed by atoms with van der Waals surface area (Å²) in [4.78, 5) is 18.4. The Labute approximate surface area is 147 Å². The molecule has 126 valence electrons. The quantitative estimate of drug-likeness (QED) is 0.821. The predicted molar refractivity (Wildman–Crippen MR) is 94.4 cm³/mol. The van der Waals surface area contributed by atoms with E-state index in [-0.39, 0.29) is 5.91 Å². The zero-order chi connectivity index (χ0) is 16.8. The zero-order valence-electron chi connectivity index (χ0n) is 13.5. The van der Waals surface area contributed by atoms with Gasteiger partial charge in [-0.1, -0.05) is 17.7 Å². The molecule has 0 aliphatic carbocycles. The molecule has 5 heteroatoms. The van der Waals surface area contributed by atoms with Gasteiger partial charge in [0.15, 0.2) is 0 Å². The minimum atomic E-state index is 0.0718. The topological polar surface area (TPSA) is 42.4 Å². The first-order valence-electron chi connectivity index (χ1n) is 8.30. The molecule has 1 aliphatic rings. The van der Waals surface area contributed by atoms with Crippen LogP contribution in [0.25, 0.3) is 0 Å². The Bertz CT molecular complexity index is 670. The van der Waals surface area contributed by atoms with E-state index in [0.717, 1.165) is 38.1 Å². The van der Waals surface area contributed by atoms with Crippen LogP contribution in [-0.4, -0.2) is 35.5 Å². The molecule has 1 amide bonds. The van der Waals surface area contributed by atoms with Crippen LogP contribution in [0.2, 0.25) is 5.02 Å². The first kappa shape index (κ1) is 16.8. The standard InChI is InChI=1S/C19H21ClN2O2/c20-17-4-1-3-16(13-17)19(23)22-10-6-15(7-11-22)8-12-24-18-5-2-9-21-14-18/h1-5,9,13-15H,6-8,10-12H2. The van der Waals surface area contributed by atoms with Crippen molar-refractivity contribution >= 4 is 17.5 Å². The lowest BCUT2D eigenvalue weighted by Gasteiger charge is -2.32. The molecule has 2 aromatic rings. The van der Waals surface area contributed by atoms with Crippen molar-refractivity contribution in [1.82, 2.24) is 9.88 Å². The number of carbonyl (C=O) groups is 1. The maximum absolute atomic E-state index is 12.5. The van der Waals surface area contributed by atoms with Crippen LogP contribution in [0.4, 0.5) is 0 Å². The average Bonchev–Trinajstić information content (AvgIpc) is 2.63. The molecular formula is C19H21ClN2O2. The number of pyridine rings is 1. The molecule has 1 fully saturated rings. The number of carbonyl (C=O) groups excluding carboxylic acids is 1. The van der Waals surface area contributed by atoms with Gasteiger partial charge in [-0.3, -0.25) is 9.78 Å². The summed E-state index contributed by atoms with van der Waals surface area (Å²) in [6, 6.07) is 10.9. The lowest BCUT2D eigenvalue weighted by molar-refractivity contribution is 0.0680. The Balaban J connectivity index is 1.43. The van der Waals surface area contributed by atoms with Crippen LogP contribution in [0.15, 0.2) is 48.8 Å². The zero-order valence-corrected chi connectivity index (χ0v) is 14.3. The summed E-state index contributed by atoms with van der Waals surface area (Å²) in [6.45, 7) is 2.28. The molecule has 1 aromatic heterocycles. The number of amides is 1. The maximum Gasteiger partial charge on any atom is 0.253 e. The molecule has 0 bridgehead atoms. The number of likely N-dealkylation sites (tertiary alicyclic amines) is 1. The molecule has 24 heavy (non-hydrogen) atoms. The summed E-state index contributed by atoms with van der Waals surface area (Å²) in [7, 11) is 0. The molecule has 2 heterocycles. The smallest absolute Gasteiger partial charge is 0.253 e. The third kappa shape index (κ3) is 4.48. The van der Waals surface area contributed by atoms with E-state index in [1.54, 1.807) is 24.5 Å². The van der Waals surface area contributed by atoms with Crippen LogP contribution >= 0.6 is 11.6 Å². The Hall–Kier alpha value is -2.07. The number of hydrogen-bond donors (Lipinski definition) is 0. The lowest BCUT2D eigenvalue weighted by atomic mass is 9.93. The number of nitrogens with zero attached hydrogens (tertiary/aromatic N) is 2. The Kier molecular flexibility index (Phi) is 5.70. The molecule has 1 aliphatic heterocycles. The minimum absolute atomic E-state index is 0.0718. The number of aromatic nitrogens is 1. The van der Waals surface area contributed by atoms with E-state index in [1.165, 1.54) is 0 Å². The summed E-state index contributed by atoms with van der Waals surface area (Å²) in [5, 5.41) is 0.600. The van der Waals surface area contributed by atoms with E-state index in [9.17, 15) is 4.79 Å². The van der Waals surface area contributed by atoms with Crippen LogP contribution in [0.1, 0.15) is 29.6 Å². The Morgan fingerprint density at radius 3 is 2.79 bits per heavy atom. The monoisotopic (exact) mass is 344 g/mol. The SMILES string of the molecule is O=C(c1cccc(Cl)c1)N1CCC(CCOc2cccnc2)CC1. The van der Waals surface area contributed by atoms with Gasteiger partial charge in [-0.2, -0.15) is 0 Å². The van der Waals surface area contributed by atoms with Gasteiger partial charge in [0.05, 0.1) is 12.8 Å². The molecule has 0 radical (unpaired) electrons. The van der Waals surface area contributed by atoms with Crippen LogP contribution in [0.3, 0.4) is 0 Å². The van der Waals surface area contributed by atoms with E-state index in [4.69, 9.17) is 16.3 Å². The van der Waals surface area contributed by atoms with E-state index < -0.39 is 0 Å². The van der Waals surface area contributed by atoms with Crippen molar-refractivity contribution in [3.05, 3.63) is 59.4 Å². The summed E-state index contributed by atoms with van der Waals surface area (Å²) in [5.41, 5.74) is 0.667. The van der Waals surface area contributed by atoms with Crippen LogP contribution in [-0.2, 0) is 0 Å². The number of piperidine rings is 1. The van der Waals surface area contributed by atoms with E-state index in [0.29, 0.717) is 23.1 Å². The van der Waals surface area contributed by atoms with E-state index in [1.807, 2.05) is 29.2 Å². The first-order chi connectivity index (χ1) is 11.7. The summed E-state index contributed by atoms with van der Waals surface area (Å²) >= 11 is 5.97. The fraction of sp³-hybridized carbons (Fsp3) is 0.368. The number of halogens is 1. The highest BCUT2D eigenvalue weighted by Gasteiger charge is 2.23. The van der Waals surface area contributed by atoms with Gasteiger partial charge in [0.2, 0.25) is 0 Å². The first-order valence-corrected chi connectivity index (χ1v) is 8.68. The molecule has 0 saturated carbocycles. The molecule has 0 spiro atoms.